The quantitative estimate of drug-likeness (QED) is 0.445. The lowest BCUT2D eigenvalue weighted by Crippen LogP contribution is -2.29. The molecule has 0 aromatic heterocycles. The summed E-state index contributed by atoms with van der Waals surface area (Å²) < 4.78 is 0. The number of hydrogen-bond donors (Lipinski definition) is 3. The van der Waals surface area contributed by atoms with Gasteiger partial charge in [0.25, 0.3) is 0 Å². The monoisotopic (exact) mass is 263 g/mol. The molecule has 1 aromatic rings. The third-order valence-electron chi connectivity index (χ3n) is 2.77. The summed E-state index contributed by atoms with van der Waals surface area (Å²) in [4.78, 5) is 4.28. The van der Waals surface area contributed by atoms with Crippen LogP contribution in [0.15, 0.2) is 29.3 Å². The number of unbranched alkanes of at least 4 members (excludes halogenated alkanes) is 1. The van der Waals surface area contributed by atoms with Crippen LogP contribution in [0, 0.1) is 0 Å². The second-order valence-corrected chi connectivity index (χ2v) is 4.45. The third kappa shape index (κ3) is 7.59. The number of hydrogen-bond acceptors (Lipinski definition) is 4. The second kappa shape index (κ2) is 10.5. The highest BCUT2D eigenvalue weighted by molar-refractivity contribution is 5.83. The minimum Gasteiger partial charge on any atom is -0.507 e. The van der Waals surface area contributed by atoms with Crippen LogP contribution in [0.25, 0.3) is 0 Å². The van der Waals surface area contributed by atoms with Crippen LogP contribution in [-0.2, 0) is 0 Å². The first-order chi connectivity index (χ1) is 9.34. The van der Waals surface area contributed by atoms with Gasteiger partial charge in [0, 0.05) is 31.4 Å². The molecule has 0 bridgehead atoms. The largest absolute Gasteiger partial charge is 0.507 e. The first kappa shape index (κ1) is 15.7. The number of aliphatic imine (C=N–C) groups is 1. The molecule has 106 valence electrons. The smallest absolute Gasteiger partial charge is 0.124 e. The van der Waals surface area contributed by atoms with Crippen LogP contribution in [-0.4, -0.2) is 44.0 Å². The molecule has 0 atom stereocenters. The van der Waals surface area contributed by atoms with Crippen LogP contribution in [0.5, 0.6) is 5.75 Å². The number of aromatic hydroxyl groups is 1. The van der Waals surface area contributed by atoms with E-state index in [2.05, 4.69) is 22.5 Å². The van der Waals surface area contributed by atoms with Crippen LogP contribution in [0.4, 0.5) is 0 Å². The average Bonchev–Trinajstić information content (AvgIpc) is 2.43. The predicted octanol–water partition coefficient (Wildman–Crippen LogP) is 1.79. The number of phenolic OH excluding ortho intramolecular Hbond substituents is 1. The Morgan fingerprint density at radius 2 is 1.84 bits per heavy atom. The Bertz CT molecular complexity index is 366. The van der Waals surface area contributed by atoms with Crippen LogP contribution in [0.1, 0.15) is 25.3 Å². The fraction of sp³-hybridized carbons (Fsp3) is 0.533. The summed E-state index contributed by atoms with van der Waals surface area (Å²) in [5, 5.41) is 16.2. The highest BCUT2D eigenvalue weighted by Gasteiger charge is 1.93. The van der Waals surface area contributed by atoms with E-state index in [1.165, 1.54) is 12.8 Å². The molecule has 0 aliphatic rings. The van der Waals surface area contributed by atoms with Crippen molar-refractivity contribution in [3.8, 4) is 5.75 Å². The highest BCUT2D eigenvalue weighted by Crippen LogP contribution is 2.12. The van der Waals surface area contributed by atoms with Crippen molar-refractivity contribution in [3.05, 3.63) is 29.8 Å². The van der Waals surface area contributed by atoms with Gasteiger partial charge < -0.3 is 15.7 Å². The first-order valence-electron chi connectivity index (χ1n) is 7.04. The topological polar surface area (TPSA) is 56.7 Å². The molecule has 4 heteroatoms. The fourth-order valence-corrected chi connectivity index (χ4v) is 1.63. The van der Waals surface area contributed by atoms with Gasteiger partial charge in [-0.2, -0.15) is 0 Å². The lowest BCUT2D eigenvalue weighted by molar-refractivity contribution is 0.474. The lowest BCUT2D eigenvalue weighted by atomic mass is 10.2. The maximum absolute atomic E-state index is 9.54. The summed E-state index contributed by atoms with van der Waals surface area (Å²) in [6.07, 6.45) is 4.20. The Balaban J connectivity index is 2.00. The zero-order chi connectivity index (χ0) is 13.8. The van der Waals surface area contributed by atoms with Crippen molar-refractivity contribution in [2.45, 2.75) is 19.8 Å². The molecule has 0 unspecified atom stereocenters. The van der Waals surface area contributed by atoms with E-state index in [0.717, 1.165) is 38.3 Å². The molecule has 0 heterocycles. The van der Waals surface area contributed by atoms with Crippen molar-refractivity contribution < 1.29 is 5.11 Å². The van der Waals surface area contributed by atoms with E-state index in [1.54, 1.807) is 18.3 Å². The molecule has 0 saturated carbocycles. The number of para-hydroxylation sites is 1. The molecule has 19 heavy (non-hydrogen) atoms. The normalized spacial score (nSPS) is 11.2. The molecule has 0 aliphatic carbocycles. The molecule has 3 N–H and O–H groups in total. The summed E-state index contributed by atoms with van der Waals surface area (Å²) in [7, 11) is 0. The Hall–Kier alpha value is -1.39. The Labute approximate surface area is 116 Å². The third-order valence-corrected chi connectivity index (χ3v) is 2.77. The second-order valence-electron chi connectivity index (χ2n) is 4.45. The fourth-order valence-electron chi connectivity index (χ4n) is 1.63. The van der Waals surface area contributed by atoms with Crippen molar-refractivity contribution in [2.75, 3.05) is 32.7 Å². The maximum atomic E-state index is 9.54. The molecular formula is C15H25N3O. The molecule has 4 nitrogen and oxygen atoms in total. The number of nitrogens with zero attached hydrogens (tertiary/aromatic N) is 1. The SMILES string of the molecule is CCCCNCCNCCN=Cc1ccccc1O. The molecular weight excluding hydrogens is 238 g/mol. The molecule has 0 saturated heterocycles. The van der Waals surface area contributed by atoms with E-state index in [-0.39, 0.29) is 5.75 Å². The van der Waals surface area contributed by atoms with Gasteiger partial charge in [-0.15, -0.1) is 0 Å². The zero-order valence-electron chi connectivity index (χ0n) is 11.7. The van der Waals surface area contributed by atoms with Crippen LogP contribution in [0.3, 0.4) is 0 Å². The molecule has 1 aromatic carbocycles. The number of rotatable bonds is 10. The standard InChI is InChI=1S/C15H25N3O/c1-2-3-8-16-9-10-17-11-12-18-13-14-6-4-5-7-15(14)19/h4-7,13,16-17,19H,2-3,8-12H2,1H3. The van der Waals surface area contributed by atoms with E-state index in [4.69, 9.17) is 0 Å². The van der Waals surface area contributed by atoms with E-state index >= 15 is 0 Å². The number of benzene rings is 1. The molecule has 0 spiro atoms. The molecule has 0 fully saturated rings. The van der Waals surface area contributed by atoms with Gasteiger partial charge in [0.1, 0.15) is 5.75 Å². The number of phenols is 1. The Morgan fingerprint density at radius 1 is 1.11 bits per heavy atom. The van der Waals surface area contributed by atoms with Gasteiger partial charge in [-0.3, -0.25) is 4.99 Å². The minimum absolute atomic E-state index is 0.277. The van der Waals surface area contributed by atoms with Crippen molar-refractivity contribution in [1.29, 1.82) is 0 Å². The van der Waals surface area contributed by atoms with Gasteiger partial charge >= 0.3 is 0 Å². The van der Waals surface area contributed by atoms with Crippen LogP contribution in [0.2, 0.25) is 0 Å². The van der Waals surface area contributed by atoms with Gasteiger partial charge in [0.2, 0.25) is 0 Å². The van der Waals surface area contributed by atoms with Crippen molar-refractivity contribution in [3.63, 3.8) is 0 Å². The Kier molecular flexibility index (Phi) is 8.68. The van der Waals surface area contributed by atoms with Crippen molar-refractivity contribution >= 4 is 6.21 Å². The lowest BCUT2D eigenvalue weighted by Gasteiger charge is -2.04. The average molecular weight is 263 g/mol. The van der Waals surface area contributed by atoms with E-state index in [9.17, 15) is 5.11 Å². The van der Waals surface area contributed by atoms with Crippen molar-refractivity contribution in [2.24, 2.45) is 4.99 Å². The molecule has 0 radical (unpaired) electrons. The van der Waals surface area contributed by atoms with Gasteiger partial charge in [-0.25, -0.2) is 0 Å². The van der Waals surface area contributed by atoms with E-state index in [0.29, 0.717) is 0 Å². The van der Waals surface area contributed by atoms with Crippen molar-refractivity contribution in [1.82, 2.24) is 10.6 Å². The van der Waals surface area contributed by atoms with Crippen LogP contribution < -0.4 is 10.6 Å². The Morgan fingerprint density at radius 3 is 2.58 bits per heavy atom. The molecule has 1 rings (SSSR count). The summed E-state index contributed by atoms with van der Waals surface area (Å²) in [6, 6.07) is 7.21. The molecule has 0 aliphatic heterocycles. The summed E-state index contributed by atoms with van der Waals surface area (Å²) in [5.74, 6) is 0.277. The summed E-state index contributed by atoms with van der Waals surface area (Å²) in [5.41, 5.74) is 0.767. The summed E-state index contributed by atoms with van der Waals surface area (Å²) in [6.45, 7) is 6.86. The van der Waals surface area contributed by atoms with Gasteiger partial charge in [0.15, 0.2) is 0 Å². The summed E-state index contributed by atoms with van der Waals surface area (Å²) >= 11 is 0. The van der Waals surface area contributed by atoms with Crippen LogP contribution >= 0.6 is 0 Å². The first-order valence-corrected chi connectivity index (χ1v) is 7.04. The maximum Gasteiger partial charge on any atom is 0.124 e. The molecule has 0 amide bonds. The minimum atomic E-state index is 0.277. The zero-order valence-corrected chi connectivity index (χ0v) is 11.7. The number of nitrogens with one attached hydrogen (secondary N) is 2. The predicted molar refractivity (Wildman–Crippen MR) is 81.2 cm³/mol. The van der Waals surface area contributed by atoms with E-state index < -0.39 is 0 Å². The van der Waals surface area contributed by atoms with E-state index in [1.807, 2.05) is 12.1 Å². The van der Waals surface area contributed by atoms with Gasteiger partial charge in [-0.1, -0.05) is 25.5 Å². The van der Waals surface area contributed by atoms with Gasteiger partial charge in [0.05, 0.1) is 6.54 Å². The van der Waals surface area contributed by atoms with Gasteiger partial charge in [-0.05, 0) is 25.1 Å². The highest BCUT2D eigenvalue weighted by atomic mass is 16.3.